The molecule has 4 nitrogen and oxygen atoms in total. The number of aromatic hydroxyl groups is 2. The van der Waals surface area contributed by atoms with E-state index < -0.39 is 51.7 Å². The summed E-state index contributed by atoms with van der Waals surface area (Å²) in [6.45, 7) is 0. The van der Waals surface area contributed by atoms with Gasteiger partial charge in [0, 0.05) is 16.8 Å². The number of nitrogens with two attached hydrogens (primary N) is 1. The molecule has 0 atom stereocenters. The van der Waals surface area contributed by atoms with Crippen molar-refractivity contribution in [2.45, 2.75) is 17.8 Å². The first-order valence-corrected chi connectivity index (χ1v) is 8.95. The molecule has 3 rings (SSSR count). The summed E-state index contributed by atoms with van der Waals surface area (Å²) in [5.41, 5.74) is -2.77. The predicted octanol–water partition coefficient (Wildman–Crippen LogP) is 5.32. The van der Waals surface area contributed by atoms with Crippen molar-refractivity contribution in [3.8, 4) is 11.5 Å². The summed E-state index contributed by atoms with van der Waals surface area (Å²) in [5, 5.41) is 19.2. The smallest absolute Gasteiger partial charge is 0.411 e. The van der Waals surface area contributed by atoms with E-state index in [9.17, 15) is 41.4 Å². The van der Waals surface area contributed by atoms with Gasteiger partial charge in [-0.2, -0.15) is 26.3 Å². The zero-order chi connectivity index (χ0) is 23.9. The number of carbonyl (C=O) groups is 1. The second kappa shape index (κ2) is 7.77. The van der Waals surface area contributed by atoms with Gasteiger partial charge >= 0.3 is 12.4 Å². The summed E-state index contributed by atoms with van der Waals surface area (Å²) in [4.78, 5) is 13.0. The molecular formula is C22H15F6NO3. The topological polar surface area (TPSA) is 83.6 Å². The van der Waals surface area contributed by atoms with E-state index in [1.807, 2.05) is 0 Å². The van der Waals surface area contributed by atoms with Crippen LogP contribution in [-0.2, 0) is 5.41 Å². The molecule has 3 aromatic rings. The Kier molecular flexibility index (Phi) is 5.58. The van der Waals surface area contributed by atoms with Crippen molar-refractivity contribution in [3.05, 3.63) is 89.0 Å². The number of nitrogen functional groups attached to an aromatic ring is 1. The van der Waals surface area contributed by atoms with Crippen LogP contribution in [0, 0.1) is 0 Å². The molecule has 0 aliphatic heterocycles. The first-order valence-electron chi connectivity index (χ1n) is 8.95. The van der Waals surface area contributed by atoms with E-state index in [-0.39, 0.29) is 11.3 Å². The van der Waals surface area contributed by atoms with E-state index in [1.165, 1.54) is 12.1 Å². The molecule has 3 aromatic carbocycles. The summed E-state index contributed by atoms with van der Waals surface area (Å²) in [7, 11) is 0. The number of anilines is 1. The quantitative estimate of drug-likeness (QED) is 0.283. The SMILES string of the molecule is Nc1ccc(C(=O)c2cc(O)ccc2C(c2ccc(O)cc2)(C(F)(F)F)C(F)(F)F)cc1. The van der Waals surface area contributed by atoms with Gasteiger partial charge in [-0.1, -0.05) is 18.2 Å². The zero-order valence-electron chi connectivity index (χ0n) is 16.0. The fourth-order valence-electron chi connectivity index (χ4n) is 3.50. The lowest BCUT2D eigenvalue weighted by Gasteiger charge is -2.39. The number of halogens is 6. The van der Waals surface area contributed by atoms with Gasteiger partial charge in [0.1, 0.15) is 11.5 Å². The molecule has 0 unspecified atom stereocenters. The van der Waals surface area contributed by atoms with Crippen molar-refractivity contribution in [1.29, 1.82) is 0 Å². The zero-order valence-corrected chi connectivity index (χ0v) is 16.0. The lowest BCUT2D eigenvalue weighted by atomic mass is 9.70. The molecule has 32 heavy (non-hydrogen) atoms. The minimum absolute atomic E-state index is 0.224. The van der Waals surface area contributed by atoms with Crippen LogP contribution in [0.4, 0.5) is 32.0 Å². The monoisotopic (exact) mass is 455 g/mol. The van der Waals surface area contributed by atoms with Crippen LogP contribution in [-0.4, -0.2) is 28.3 Å². The molecule has 10 heteroatoms. The fourth-order valence-corrected chi connectivity index (χ4v) is 3.50. The molecule has 0 fully saturated rings. The number of ketones is 1. The van der Waals surface area contributed by atoms with Crippen LogP contribution < -0.4 is 5.73 Å². The van der Waals surface area contributed by atoms with Gasteiger partial charge in [-0.3, -0.25) is 4.79 Å². The summed E-state index contributed by atoms with van der Waals surface area (Å²) < 4.78 is 86.2. The second-order valence-electron chi connectivity index (χ2n) is 6.97. The van der Waals surface area contributed by atoms with E-state index in [1.54, 1.807) is 0 Å². The molecule has 4 N–H and O–H groups in total. The van der Waals surface area contributed by atoms with Crippen molar-refractivity contribution in [2.24, 2.45) is 0 Å². The average molecular weight is 455 g/mol. The highest BCUT2D eigenvalue weighted by Gasteiger charge is 2.73. The Labute approximate surface area is 177 Å². The highest BCUT2D eigenvalue weighted by Crippen LogP contribution is 2.57. The standard InChI is InChI=1S/C22H15F6NO3/c23-21(24,25)20(22(26,27)28,13-3-7-15(30)8-4-13)18-10-9-16(31)11-17(18)19(32)12-1-5-14(29)6-2-12/h1-11,30-31H,29H2. The van der Waals surface area contributed by atoms with Crippen LogP contribution in [0.3, 0.4) is 0 Å². The molecule has 0 amide bonds. The number of rotatable bonds is 4. The molecule has 0 aromatic heterocycles. The van der Waals surface area contributed by atoms with Crippen molar-refractivity contribution in [2.75, 3.05) is 5.73 Å². The number of alkyl halides is 6. The predicted molar refractivity (Wildman–Crippen MR) is 103 cm³/mol. The molecule has 0 saturated carbocycles. The van der Waals surface area contributed by atoms with Gasteiger partial charge in [0.15, 0.2) is 5.78 Å². The third-order valence-corrected chi connectivity index (χ3v) is 4.98. The van der Waals surface area contributed by atoms with E-state index in [4.69, 9.17) is 5.73 Å². The Hall–Kier alpha value is -3.69. The highest BCUT2D eigenvalue weighted by atomic mass is 19.4. The number of hydrogen-bond donors (Lipinski definition) is 3. The number of phenolic OH excluding ortho intramolecular Hbond substituents is 2. The van der Waals surface area contributed by atoms with Crippen molar-refractivity contribution >= 4 is 11.5 Å². The summed E-state index contributed by atoms with van der Waals surface area (Å²) in [6.07, 6.45) is -11.9. The van der Waals surface area contributed by atoms with Crippen LogP contribution in [0.1, 0.15) is 27.0 Å². The third-order valence-electron chi connectivity index (χ3n) is 4.98. The van der Waals surface area contributed by atoms with Gasteiger partial charge in [-0.15, -0.1) is 0 Å². The molecular weight excluding hydrogens is 440 g/mol. The summed E-state index contributed by atoms with van der Waals surface area (Å²) in [6, 6.07) is 8.78. The lowest BCUT2D eigenvalue weighted by molar-refractivity contribution is -0.288. The Morgan fingerprint density at radius 2 is 1.22 bits per heavy atom. The summed E-state index contributed by atoms with van der Waals surface area (Å²) in [5.74, 6) is -2.42. The van der Waals surface area contributed by atoms with Crippen LogP contribution in [0.5, 0.6) is 11.5 Å². The minimum atomic E-state index is -5.95. The number of benzene rings is 3. The number of hydrogen-bond acceptors (Lipinski definition) is 4. The molecule has 0 aliphatic carbocycles. The van der Waals surface area contributed by atoms with E-state index >= 15 is 0 Å². The molecule has 0 heterocycles. The van der Waals surface area contributed by atoms with Crippen LogP contribution >= 0.6 is 0 Å². The van der Waals surface area contributed by atoms with Crippen molar-refractivity contribution in [3.63, 3.8) is 0 Å². The van der Waals surface area contributed by atoms with Gasteiger partial charge in [-0.25, -0.2) is 0 Å². The maximum atomic E-state index is 14.4. The van der Waals surface area contributed by atoms with Gasteiger partial charge < -0.3 is 15.9 Å². The molecule has 0 saturated heterocycles. The van der Waals surface area contributed by atoms with E-state index in [0.717, 1.165) is 12.1 Å². The molecule has 0 bridgehead atoms. The number of carbonyl (C=O) groups excluding carboxylic acids is 1. The Morgan fingerprint density at radius 3 is 1.72 bits per heavy atom. The largest absolute Gasteiger partial charge is 0.508 e. The Bertz CT molecular complexity index is 1120. The van der Waals surface area contributed by atoms with Crippen molar-refractivity contribution in [1.82, 2.24) is 0 Å². The molecule has 0 radical (unpaired) electrons. The first kappa shape index (κ1) is 23.0. The summed E-state index contributed by atoms with van der Waals surface area (Å²) >= 11 is 0. The maximum absolute atomic E-state index is 14.4. The van der Waals surface area contributed by atoms with Crippen LogP contribution in [0.2, 0.25) is 0 Å². The fraction of sp³-hybridized carbons (Fsp3) is 0.136. The van der Waals surface area contributed by atoms with Gasteiger partial charge in [0.2, 0.25) is 5.41 Å². The van der Waals surface area contributed by atoms with Gasteiger partial charge in [0.25, 0.3) is 0 Å². The minimum Gasteiger partial charge on any atom is -0.508 e. The Balaban J connectivity index is 2.42. The second-order valence-corrected chi connectivity index (χ2v) is 6.97. The molecule has 0 aliphatic rings. The Morgan fingerprint density at radius 1 is 0.719 bits per heavy atom. The number of phenols is 2. The molecule has 0 spiro atoms. The highest BCUT2D eigenvalue weighted by molar-refractivity contribution is 6.10. The van der Waals surface area contributed by atoms with Crippen molar-refractivity contribution < 1.29 is 41.4 Å². The van der Waals surface area contributed by atoms with Crippen LogP contribution in [0.15, 0.2) is 66.7 Å². The normalized spacial score (nSPS) is 12.6. The van der Waals surface area contributed by atoms with E-state index in [2.05, 4.69) is 0 Å². The van der Waals surface area contributed by atoms with Gasteiger partial charge in [0.05, 0.1) is 0 Å². The van der Waals surface area contributed by atoms with Crippen LogP contribution in [0.25, 0.3) is 0 Å². The van der Waals surface area contributed by atoms with E-state index in [0.29, 0.717) is 42.5 Å². The van der Waals surface area contributed by atoms with Gasteiger partial charge in [-0.05, 0) is 59.7 Å². The average Bonchev–Trinajstić information content (AvgIpc) is 2.69. The molecule has 168 valence electrons. The lowest BCUT2D eigenvalue weighted by Crippen LogP contribution is -2.55. The maximum Gasteiger partial charge on any atom is 0.411 e. The third kappa shape index (κ3) is 3.72. The first-order chi connectivity index (χ1) is 14.8.